The minimum atomic E-state index is -0.541. The van der Waals surface area contributed by atoms with Crippen molar-refractivity contribution in [1.82, 2.24) is 15.0 Å². The van der Waals surface area contributed by atoms with E-state index in [0.717, 1.165) is 5.69 Å². The van der Waals surface area contributed by atoms with E-state index in [4.69, 9.17) is 16.0 Å². The van der Waals surface area contributed by atoms with E-state index in [9.17, 15) is 4.79 Å². The van der Waals surface area contributed by atoms with Gasteiger partial charge in [-0.2, -0.15) is 0 Å². The highest BCUT2D eigenvalue weighted by Gasteiger charge is 2.13. The van der Waals surface area contributed by atoms with Crippen LogP contribution in [0.2, 0.25) is 5.02 Å². The molecule has 5 nitrogen and oxygen atoms in total. The molecule has 0 unspecified atom stereocenters. The van der Waals surface area contributed by atoms with Crippen LogP contribution < -0.4 is 5.76 Å². The Morgan fingerprint density at radius 1 is 1.25 bits per heavy atom. The molecular weight excluding hydrogens is 278 g/mol. The van der Waals surface area contributed by atoms with Gasteiger partial charge in [0.2, 0.25) is 0 Å². The normalized spacial score (nSPS) is 11.4. The molecule has 3 rings (SSSR count). The van der Waals surface area contributed by atoms with Crippen molar-refractivity contribution in [2.24, 2.45) is 0 Å². The van der Waals surface area contributed by atoms with Crippen LogP contribution in [-0.4, -0.2) is 15.0 Å². The Bertz CT molecular complexity index is 819. The molecule has 20 heavy (non-hydrogen) atoms. The fourth-order valence-corrected chi connectivity index (χ4v) is 2.17. The van der Waals surface area contributed by atoms with Gasteiger partial charge in [0.05, 0.1) is 22.6 Å². The van der Waals surface area contributed by atoms with Gasteiger partial charge in [0.15, 0.2) is 5.58 Å². The summed E-state index contributed by atoms with van der Waals surface area (Å²) in [6.07, 6.45) is 3.40. The molecule has 0 atom stereocenters. The van der Waals surface area contributed by atoms with Crippen molar-refractivity contribution in [3.05, 3.63) is 45.8 Å². The zero-order valence-corrected chi connectivity index (χ0v) is 11.7. The number of oxazole rings is 1. The summed E-state index contributed by atoms with van der Waals surface area (Å²) < 4.78 is 5.15. The Hall–Kier alpha value is -2.14. The predicted octanol–water partition coefficient (Wildman–Crippen LogP) is 3.35. The third kappa shape index (κ3) is 2.10. The lowest BCUT2D eigenvalue weighted by Gasteiger charge is -2.05. The minimum absolute atomic E-state index is 0.312. The van der Waals surface area contributed by atoms with Crippen molar-refractivity contribution in [3.8, 4) is 11.3 Å². The van der Waals surface area contributed by atoms with E-state index in [-0.39, 0.29) is 0 Å². The molecule has 0 aliphatic heterocycles. The van der Waals surface area contributed by atoms with Crippen LogP contribution in [0.5, 0.6) is 0 Å². The Morgan fingerprint density at radius 3 is 2.70 bits per heavy atom. The van der Waals surface area contributed by atoms with Crippen molar-refractivity contribution in [2.75, 3.05) is 0 Å². The van der Waals surface area contributed by atoms with Crippen LogP contribution in [0.3, 0.4) is 0 Å². The van der Waals surface area contributed by atoms with E-state index < -0.39 is 5.76 Å². The molecular formula is C14H12ClN3O2. The molecule has 1 N–H and O–H groups in total. The van der Waals surface area contributed by atoms with E-state index >= 15 is 0 Å². The van der Waals surface area contributed by atoms with Crippen LogP contribution in [0.15, 0.2) is 33.7 Å². The summed E-state index contributed by atoms with van der Waals surface area (Å²) in [7, 11) is 0. The average Bonchev–Trinajstić information content (AvgIpc) is 2.82. The molecule has 3 aromatic rings. The highest BCUT2D eigenvalue weighted by Crippen LogP contribution is 2.30. The van der Waals surface area contributed by atoms with Gasteiger partial charge in [-0.1, -0.05) is 25.4 Å². The first kappa shape index (κ1) is 12.9. The second-order valence-corrected chi connectivity index (χ2v) is 5.20. The lowest BCUT2D eigenvalue weighted by atomic mass is 10.1. The Morgan fingerprint density at radius 2 is 2.05 bits per heavy atom. The van der Waals surface area contributed by atoms with Crippen molar-refractivity contribution >= 4 is 22.7 Å². The molecule has 0 saturated heterocycles. The molecule has 2 aromatic heterocycles. The summed E-state index contributed by atoms with van der Waals surface area (Å²) in [4.78, 5) is 22.7. The summed E-state index contributed by atoms with van der Waals surface area (Å²) in [5, 5.41) is 0.432. The number of fused-ring (bicyclic) bond motifs is 1. The molecule has 0 fully saturated rings. The second kappa shape index (κ2) is 4.76. The quantitative estimate of drug-likeness (QED) is 0.785. The van der Waals surface area contributed by atoms with Gasteiger partial charge in [-0.3, -0.25) is 15.0 Å². The molecule has 1 aromatic carbocycles. The fourth-order valence-electron chi connectivity index (χ4n) is 1.98. The standard InChI is InChI=1S/C14H12ClN3O2/c1-7(2)10-5-17-11(6-16-10)8-3-4-9(15)12-13(8)20-14(19)18-12/h3-7H,1-2H3,(H,18,19). The van der Waals surface area contributed by atoms with Crippen molar-refractivity contribution in [1.29, 1.82) is 0 Å². The maximum atomic E-state index is 11.4. The lowest BCUT2D eigenvalue weighted by Crippen LogP contribution is -1.95. The van der Waals surface area contributed by atoms with Crippen LogP contribution >= 0.6 is 11.6 Å². The van der Waals surface area contributed by atoms with Crippen LogP contribution in [0.25, 0.3) is 22.4 Å². The number of hydrogen-bond donors (Lipinski definition) is 1. The van der Waals surface area contributed by atoms with Gasteiger partial charge in [0.25, 0.3) is 0 Å². The van der Waals surface area contributed by atoms with Crippen LogP contribution in [0.1, 0.15) is 25.5 Å². The Kier molecular flexibility index (Phi) is 3.06. The number of hydrogen-bond acceptors (Lipinski definition) is 4. The van der Waals surface area contributed by atoms with Crippen molar-refractivity contribution in [3.63, 3.8) is 0 Å². The topological polar surface area (TPSA) is 71.8 Å². The first-order chi connectivity index (χ1) is 9.56. The first-order valence-electron chi connectivity index (χ1n) is 6.20. The van der Waals surface area contributed by atoms with Crippen molar-refractivity contribution < 1.29 is 4.42 Å². The summed E-state index contributed by atoms with van der Waals surface area (Å²) in [6.45, 7) is 4.10. The Labute approximate surface area is 119 Å². The zero-order chi connectivity index (χ0) is 14.3. The van der Waals surface area contributed by atoms with E-state index in [0.29, 0.717) is 33.3 Å². The molecule has 6 heteroatoms. The van der Waals surface area contributed by atoms with Gasteiger partial charge < -0.3 is 4.42 Å². The Balaban J connectivity index is 2.19. The number of nitrogens with one attached hydrogen (secondary N) is 1. The molecule has 0 spiro atoms. The lowest BCUT2D eigenvalue weighted by molar-refractivity contribution is 0.556. The summed E-state index contributed by atoms with van der Waals surface area (Å²) in [6, 6.07) is 3.46. The highest BCUT2D eigenvalue weighted by molar-refractivity contribution is 6.35. The maximum absolute atomic E-state index is 11.4. The van der Waals surface area contributed by atoms with Crippen LogP contribution in [0, 0.1) is 0 Å². The third-order valence-electron chi connectivity index (χ3n) is 3.07. The molecule has 0 amide bonds. The third-order valence-corrected chi connectivity index (χ3v) is 3.38. The van der Waals surface area contributed by atoms with E-state index in [1.165, 1.54) is 0 Å². The number of nitrogens with zero attached hydrogens (tertiary/aromatic N) is 2. The smallest absolute Gasteiger partial charge is 0.407 e. The van der Waals surface area contributed by atoms with Gasteiger partial charge in [-0.25, -0.2) is 4.79 Å². The summed E-state index contributed by atoms with van der Waals surface area (Å²) in [5.41, 5.74) is 3.11. The maximum Gasteiger partial charge on any atom is 0.417 e. The van der Waals surface area contributed by atoms with E-state index in [2.05, 4.69) is 28.8 Å². The fraction of sp³-hybridized carbons (Fsp3) is 0.214. The number of aromatic amines is 1. The number of aromatic nitrogens is 3. The molecule has 0 aliphatic rings. The monoisotopic (exact) mass is 289 g/mol. The van der Waals surface area contributed by atoms with Crippen LogP contribution in [0.4, 0.5) is 0 Å². The predicted molar refractivity (Wildman–Crippen MR) is 77.0 cm³/mol. The SMILES string of the molecule is CC(C)c1cnc(-c2ccc(Cl)c3[nH]c(=O)oc23)cn1. The van der Waals surface area contributed by atoms with Crippen molar-refractivity contribution in [2.45, 2.75) is 19.8 Å². The minimum Gasteiger partial charge on any atom is -0.407 e. The van der Waals surface area contributed by atoms with Gasteiger partial charge in [0, 0.05) is 11.8 Å². The average molecular weight is 290 g/mol. The first-order valence-corrected chi connectivity index (χ1v) is 6.57. The summed E-state index contributed by atoms with van der Waals surface area (Å²) >= 11 is 6.03. The molecule has 0 bridgehead atoms. The van der Waals surface area contributed by atoms with Gasteiger partial charge in [-0.05, 0) is 18.1 Å². The highest BCUT2D eigenvalue weighted by atomic mass is 35.5. The second-order valence-electron chi connectivity index (χ2n) is 4.79. The van der Waals surface area contributed by atoms with E-state index in [1.54, 1.807) is 24.5 Å². The number of benzene rings is 1. The largest absolute Gasteiger partial charge is 0.417 e. The number of rotatable bonds is 2. The molecule has 102 valence electrons. The number of H-pyrrole nitrogens is 1. The van der Waals surface area contributed by atoms with Gasteiger partial charge >= 0.3 is 5.76 Å². The molecule has 0 saturated carbocycles. The summed E-state index contributed by atoms with van der Waals surface area (Å²) in [5.74, 6) is -0.229. The number of halogens is 1. The molecule has 0 aliphatic carbocycles. The van der Waals surface area contributed by atoms with Gasteiger partial charge in [0.1, 0.15) is 5.52 Å². The molecule has 0 radical (unpaired) electrons. The zero-order valence-electron chi connectivity index (χ0n) is 11.0. The van der Waals surface area contributed by atoms with E-state index in [1.807, 2.05) is 0 Å². The van der Waals surface area contributed by atoms with Gasteiger partial charge in [-0.15, -0.1) is 0 Å². The molecule has 2 heterocycles. The van der Waals surface area contributed by atoms with Crippen LogP contribution in [-0.2, 0) is 0 Å².